The van der Waals surface area contributed by atoms with Crippen molar-refractivity contribution in [3.05, 3.63) is 47.0 Å². The number of nitrogens with zero attached hydrogens (tertiary/aromatic N) is 3. The molecule has 168 valence electrons. The summed E-state index contributed by atoms with van der Waals surface area (Å²) >= 11 is 0. The smallest absolute Gasteiger partial charge is 0.262 e. The van der Waals surface area contributed by atoms with Gasteiger partial charge in [0.1, 0.15) is 17.5 Å². The molecule has 9 heteroatoms. The van der Waals surface area contributed by atoms with Gasteiger partial charge in [-0.05, 0) is 57.2 Å². The molecule has 32 heavy (non-hydrogen) atoms. The number of hydrogen-bond donors (Lipinski definition) is 4. The number of carbonyl (C=O) groups is 1. The fourth-order valence-electron chi connectivity index (χ4n) is 3.39. The summed E-state index contributed by atoms with van der Waals surface area (Å²) in [4.78, 5) is 34.0. The van der Waals surface area contributed by atoms with Gasteiger partial charge in [-0.1, -0.05) is 0 Å². The Morgan fingerprint density at radius 1 is 1.22 bits per heavy atom. The standard InChI is InChI=1S/C23H28N6O3/c1-23(2,3)28-20-19-15(7-9-29(10-11-30)22(19)32)12-18(27-20)26-17-13-16(6-8-24-17)25-21(31)14-4-5-14/h6-9,12-14,30H,4-5,10-11H2,1-3H3,(H3,24,25,26,27,28,31). The average molecular weight is 437 g/mol. The number of hydrogen-bond acceptors (Lipinski definition) is 7. The van der Waals surface area contributed by atoms with Crippen LogP contribution in [0.1, 0.15) is 33.6 Å². The van der Waals surface area contributed by atoms with Crippen molar-refractivity contribution in [2.75, 3.05) is 22.6 Å². The molecule has 0 bridgehead atoms. The maximum atomic E-state index is 13.0. The van der Waals surface area contributed by atoms with E-state index < -0.39 is 0 Å². The number of aliphatic hydroxyl groups is 1. The van der Waals surface area contributed by atoms with Crippen LogP contribution in [0.15, 0.2) is 41.5 Å². The summed E-state index contributed by atoms with van der Waals surface area (Å²) in [5.74, 6) is 1.64. The van der Waals surface area contributed by atoms with Crippen LogP contribution in [0.3, 0.4) is 0 Å². The molecule has 0 radical (unpaired) electrons. The highest BCUT2D eigenvalue weighted by Crippen LogP contribution is 2.31. The summed E-state index contributed by atoms with van der Waals surface area (Å²) in [6, 6.07) is 7.11. The lowest BCUT2D eigenvalue weighted by Gasteiger charge is -2.23. The fraction of sp³-hybridized carbons (Fsp3) is 0.391. The lowest BCUT2D eigenvalue weighted by molar-refractivity contribution is -0.117. The van der Waals surface area contributed by atoms with Crippen LogP contribution in [0.25, 0.3) is 10.8 Å². The summed E-state index contributed by atoms with van der Waals surface area (Å²) in [5.41, 5.74) is 0.124. The number of anilines is 4. The highest BCUT2D eigenvalue weighted by atomic mass is 16.3. The molecule has 1 saturated carbocycles. The second kappa shape index (κ2) is 8.58. The lowest BCUT2D eigenvalue weighted by atomic mass is 10.1. The minimum absolute atomic E-state index is 0.0294. The van der Waals surface area contributed by atoms with Crippen LogP contribution in [0.2, 0.25) is 0 Å². The van der Waals surface area contributed by atoms with Crippen LogP contribution in [0, 0.1) is 5.92 Å². The van der Waals surface area contributed by atoms with Crippen LogP contribution in [0.4, 0.5) is 23.1 Å². The minimum atomic E-state index is -0.325. The fourth-order valence-corrected chi connectivity index (χ4v) is 3.39. The van der Waals surface area contributed by atoms with Gasteiger partial charge in [-0.25, -0.2) is 9.97 Å². The largest absolute Gasteiger partial charge is 0.395 e. The first-order valence-corrected chi connectivity index (χ1v) is 10.7. The molecular weight excluding hydrogens is 408 g/mol. The normalized spacial score (nSPS) is 13.8. The number of pyridine rings is 3. The molecule has 1 amide bonds. The number of rotatable bonds is 7. The van der Waals surface area contributed by atoms with Crippen LogP contribution in [-0.4, -0.2) is 37.7 Å². The van der Waals surface area contributed by atoms with Gasteiger partial charge in [-0.2, -0.15) is 0 Å². The first kappa shape index (κ1) is 21.8. The van der Waals surface area contributed by atoms with Gasteiger partial charge in [-0.3, -0.25) is 9.59 Å². The Morgan fingerprint density at radius 2 is 2.00 bits per heavy atom. The molecule has 0 aromatic carbocycles. The molecule has 0 unspecified atom stereocenters. The Labute approximate surface area is 185 Å². The van der Waals surface area contributed by atoms with Crippen LogP contribution < -0.4 is 21.5 Å². The maximum absolute atomic E-state index is 13.0. The molecule has 0 saturated heterocycles. The van der Waals surface area contributed by atoms with Crippen LogP contribution in [-0.2, 0) is 11.3 Å². The SMILES string of the molecule is CC(C)(C)Nc1nc(Nc2cc(NC(=O)C3CC3)ccn2)cc2ccn(CCO)c(=O)c12. The quantitative estimate of drug-likeness (QED) is 0.449. The van der Waals surface area contributed by atoms with Gasteiger partial charge < -0.3 is 25.6 Å². The Hall–Kier alpha value is -3.46. The Balaban J connectivity index is 1.69. The van der Waals surface area contributed by atoms with E-state index in [1.54, 1.807) is 30.6 Å². The van der Waals surface area contributed by atoms with Crippen molar-refractivity contribution in [2.45, 2.75) is 45.7 Å². The van der Waals surface area contributed by atoms with Gasteiger partial charge in [0.15, 0.2) is 0 Å². The van der Waals surface area contributed by atoms with Crippen LogP contribution in [0.5, 0.6) is 0 Å². The summed E-state index contributed by atoms with van der Waals surface area (Å²) in [6.07, 6.45) is 5.16. The molecule has 0 spiro atoms. The number of aromatic nitrogens is 3. The Kier molecular flexibility index (Phi) is 5.84. The molecule has 1 fully saturated rings. The number of fused-ring (bicyclic) bond motifs is 1. The third-order valence-corrected chi connectivity index (χ3v) is 5.02. The highest BCUT2D eigenvalue weighted by molar-refractivity contribution is 5.95. The first-order chi connectivity index (χ1) is 15.2. The van der Waals surface area contributed by atoms with Gasteiger partial charge in [0.2, 0.25) is 5.91 Å². The van der Waals surface area contributed by atoms with Gasteiger partial charge >= 0.3 is 0 Å². The van der Waals surface area contributed by atoms with Gasteiger partial charge in [-0.15, -0.1) is 0 Å². The number of amides is 1. The second-order valence-corrected chi connectivity index (χ2v) is 9.05. The van der Waals surface area contributed by atoms with E-state index in [1.807, 2.05) is 26.8 Å². The molecule has 0 aliphatic heterocycles. The summed E-state index contributed by atoms with van der Waals surface area (Å²) < 4.78 is 1.47. The Morgan fingerprint density at radius 3 is 2.69 bits per heavy atom. The molecule has 0 atom stereocenters. The van der Waals surface area contributed by atoms with E-state index in [0.717, 1.165) is 12.8 Å². The van der Waals surface area contributed by atoms with Gasteiger partial charge in [0.25, 0.3) is 5.56 Å². The molecule has 9 nitrogen and oxygen atoms in total. The van der Waals surface area contributed by atoms with E-state index in [4.69, 9.17) is 0 Å². The van der Waals surface area contributed by atoms with Crippen molar-refractivity contribution < 1.29 is 9.90 Å². The zero-order chi connectivity index (χ0) is 22.9. The summed E-state index contributed by atoms with van der Waals surface area (Å²) in [7, 11) is 0. The van der Waals surface area contributed by atoms with Crippen molar-refractivity contribution in [1.82, 2.24) is 14.5 Å². The molecule has 3 heterocycles. The molecule has 4 N–H and O–H groups in total. The maximum Gasteiger partial charge on any atom is 0.262 e. The van der Waals surface area contributed by atoms with E-state index in [2.05, 4.69) is 25.9 Å². The van der Waals surface area contributed by atoms with E-state index in [-0.39, 0.29) is 36.1 Å². The molecule has 3 aromatic rings. The molecule has 1 aliphatic rings. The first-order valence-electron chi connectivity index (χ1n) is 10.7. The lowest BCUT2D eigenvalue weighted by Crippen LogP contribution is -2.29. The zero-order valence-corrected chi connectivity index (χ0v) is 18.5. The van der Waals surface area contributed by atoms with E-state index >= 15 is 0 Å². The van der Waals surface area contributed by atoms with E-state index in [0.29, 0.717) is 33.9 Å². The monoisotopic (exact) mass is 436 g/mol. The molecule has 3 aromatic heterocycles. The van der Waals surface area contributed by atoms with E-state index in [1.165, 1.54) is 4.57 Å². The zero-order valence-electron chi connectivity index (χ0n) is 18.5. The van der Waals surface area contributed by atoms with Gasteiger partial charge in [0, 0.05) is 42.1 Å². The molecular formula is C23H28N6O3. The highest BCUT2D eigenvalue weighted by Gasteiger charge is 2.29. The molecule has 4 rings (SSSR count). The van der Waals surface area contributed by atoms with Crippen molar-refractivity contribution in [3.8, 4) is 0 Å². The summed E-state index contributed by atoms with van der Waals surface area (Å²) in [6.45, 7) is 6.06. The van der Waals surface area contributed by atoms with Crippen molar-refractivity contribution in [1.29, 1.82) is 0 Å². The van der Waals surface area contributed by atoms with Gasteiger partial charge in [0.05, 0.1) is 12.0 Å². The number of carbonyl (C=O) groups excluding carboxylic acids is 1. The minimum Gasteiger partial charge on any atom is -0.395 e. The van der Waals surface area contributed by atoms with E-state index in [9.17, 15) is 14.7 Å². The topological polar surface area (TPSA) is 121 Å². The van der Waals surface area contributed by atoms with Crippen LogP contribution >= 0.6 is 0 Å². The number of nitrogens with one attached hydrogen (secondary N) is 3. The predicted octanol–water partition coefficient (Wildman–Crippen LogP) is 3.09. The van der Waals surface area contributed by atoms with Crippen molar-refractivity contribution in [2.24, 2.45) is 5.92 Å². The Bertz CT molecular complexity index is 1210. The number of aliphatic hydroxyl groups excluding tert-OH is 1. The third-order valence-electron chi connectivity index (χ3n) is 5.02. The van der Waals surface area contributed by atoms with Crippen molar-refractivity contribution in [3.63, 3.8) is 0 Å². The molecule has 1 aliphatic carbocycles. The second-order valence-electron chi connectivity index (χ2n) is 9.05. The summed E-state index contributed by atoms with van der Waals surface area (Å²) in [5, 5.41) is 19.8. The average Bonchev–Trinajstić information content (AvgIpc) is 3.54. The predicted molar refractivity (Wildman–Crippen MR) is 125 cm³/mol. The van der Waals surface area contributed by atoms with Crippen molar-refractivity contribution >= 4 is 39.8 Å². The third kappa shape index (κ3) is 5.05.